The number of benzene rings is 2. The highest BCUT2D eigenvalue weighted by Gasteiger charge is 2.41. The highest BCUT2D eigenvalue weighted by Crippen LogP contribution is 2.42. The van der Waals surface area contributed by atoms with Crippen LogP contribution in [0.1, 0.15) is 35.1 Å². The molecule has 3 aliphatic rings. The van der Waals surface area contributed by atoms with Crippen LogP contribution >= 0.6 is 12.4 Å². The maximum absolute atomic E-state index is 14.7. The summed E-state index contributed by atoms with van der Waals surface area (Å²) in [7, 11) is 1.15. The number of likely N-dealkylation sites (N-methyl/N-ethyl adjacent to an activating group) is 1. The van der Waals surface area contributed by atoms with E-state index in [2.05, 4.69) is 59.1 Å². The normalized spacial score (nSPS) is 25.6. The lowest BCUT2D eigenvalue weighted by atomic mass is 9.93. The van der Waals surface area contributed by atoms with Crippen LogP contribution in [0.3, 0.4) is 0 Å². The lowest BCUT2D eigenvalue weighted by Gasteiger charge is -2.35. The molecule has 0 radical (unpaired) electrons. The Balaban J connectivity index is 0.00000289. The van der Waals surface area contributed by atoms with E-state index in [1.165, 1.54) is 11.8 Å². The minimum Gasteiger partial charge on any atom is -0.369 e. The van der Waals surface area contributed by atoms with E-state index in [1.807, 2.05) is 6.07 Å². The molecule has 2 aromatic carbocycles. The van der Waals surface area contributed by atoms with Gasteiger partial charge in [-0.3, -0.25) is 4.90 Å². The lowest BCUT2D eigenvalue weighted by molar-refractivity contribution is 0.213. The van der Waals surface area contributed by atoms with E-state index in [9.17, 15) is 12.8 Å². The van der Waals surface area contributed by atoms with Gasteiger partial charge in [-0.2, -0.15) is 4.31 Å². The van der Waals surface area contributed by atoms with Crippen LogP contribution in [0.25, 0.3) is 0 Å². The fourth-order valence-electron chi connectivity index (χ4n) is 6.11. The Morgan fingerprint density at radius 2 is 1.66 bits per heavy atom. The van der Waals surface area contributed by atoms with E-state index in [4.69, 9.17) is 0 Å². The highest BCUT2D eigenvalue weighted by atomic mass is 35.5. The number of nitrogens with zero attached hydrogens (tertiary/aromatic N) is 4. The van der Waals surface area contributed by atoms with Crippen molar-refractivity contribution in [3.05, 3.63) is 65.0 Å². The van der Waals surface area contributed by atoms with Crippen LogP contribution < -0.4 is 4.90 Å². The molecule has 2 aromatic rings. The summed E-state index contributed by atoms with van der Waals surface area (Å²) in [5.41, 5.74) is 4.52. The summed E-state index contributed by atoms with van der Waals surface area (Å²) in [6.45, 7) is 4.33. The number of halogens is 2. The van der Waals surface area contributed by atoms with Gasteiger partial charge in [0, 0.05) is 68.5 Å². The summed E-state index contributed by atoms with van der Waals surface area (Å²) < 4.78 is 39.8. The number of rotatable bonds is 5. The van der Waals surface area contributed by atoms with Crippen LogP contribution in [0.5, 0.6) is 0 Å². The minimum atomic E-state index is -3.12. The second-order valence-corrected chi connectivity index (χ2v) is 12.2. The van der Waals surface area contributed by atoms with Crippen molar-refractivity contribution >= 4 is 28.1 Å². The van der Waals surface area contributed by atoms with E-state index in [-0.39, 0.29) is 24.3 Å². The molecule has 2 saturated heterocycles. The predicted molar refractivity (Wildman–Crippen MR) is 142 cm³/mol. The second-order valence-electron chi connectivity index (χ2n) is 10.2. The van der Waals surface area contributed by atoms with Crippen LogP contribution in [0.2, 0.25) is 0 Å². The Morgan fingerprint density at radius 3 is 2.29 bits per heavy atom. The largest absolute Gasteiger partial charge is 0.369 e. The van der Waals surface area contributed by atoms with Crippen molar-refractivity contribution in [2.75, 3.05) is 64.5 Å². The Labute approximate surface area is 215 Å². The molecular formula is C26H36ClFN4O2S. The summed E-state index contributed by atoms with van der Waals surface area (Å²) in [6, 6.07) is 14.8. The maximum Gasteiger partial charge on any atom is 0.211 e. The molecular weight excluding hydrogens is 487 g/mol. The quantitative estimate of drug-likeness (QED) is 0.603. The third-order valence-corrected chi connectivity index (χ3v) is 9.28. The van der Waals surface area contributed by atoms with Crippen LogP contribution in [-0.4, -0.2) is 88.2 Å². The molecule has 0 amide bonds. The fraction of sp³-hybridized carbons (Fsp3) is 0.538. The monoisotopic (exact) mass is 522 g/mol. The van der Waals surface area contributed by atoms with Crippen molar-refractivity contribution < 1.29 is 12.8 Å². The van der Waals surface area contributed by atoms with Crippen LogP contribution in [0.4, 0.5) is 10.1 Å². The zero-order chi connectivity index (χ0) is 24.0. The molecule has 1 unspecified atom stereocenters. The van der Waals surface area contributed by atoms with Crippen LogP contribution in [0.15, 0.2) is 42.5 Å². The highest BCUT2D eigenvalue weighted by molar-refractivity contribution is 7.88. The number of aryl methyl sites for hydroxylation is 1. The molecule has 35 heavy (non-hydrogen) atoms. The number of anilines is 1. The first-order valence-corrected chi connectivity index (χ1v) is 14.0. The Hall–Kier alpha value is -1.71. The van der Waals surface area contributed by atoms with Crippen molar-refractivity contribution in [3.8, 4) is 0 Å². The minimum absolute atomic E-state index is 0. The van der Waals surface area contributed by atoms with Gasteiger partial charge in [-0.05, 0) is 56.3 Å². The van der Waals surface area contributed by atoms with Crippen molar-refractivity contribution in [2.24, 2.45) is 0 Å². The number of piperazine rings is 1. The van der Waals surface area contributed by atoms with E-state index >= 15 is 0 Å². The molecule has 1 aliphatic carbocycles. The van der Waals surface area contributed by atoms with Gasteiger partial charge in [0.25, 0.3) is 0 Å². The average molecular weight is 523 g/mol. The van der Waals surface area contributed by atoms with E-state index in [0.29, 0.717) is 38.1 Å². The third-order valence-electron chi connectivity index (χ3n) is 7.98. The van der Waals surface area contributed by atoms with Crippen molar-refractivity contribution in [1.82, 2.24) is 14.1 Å². The van der Waals surface area contributed by atoms with Gasteiger partial charge in [-0.15, -0.1) is 12.4 Å². The molecule has 6 nitrogen and oxygen atoms in total. The van der Waals surface area contributed by atoms with E-state index in [0.717, 1.165) is 42.7 Å². The third kappa shape index (κ3) is 5.23. The van der Waals surface area contributed by atoms with E-state index < -0.39 is 10.0 Å². The first-order valence-electron chi connectivity index (χ1n) is 12.2. The number of fused-ring (bicyclic) bond motifs is 1. The molecule has 2 fully saturated rings. The smallest absolute Gasteiger partial charge is 0.211 e. The molecule has 0 saturated carbocycles. The van der Waals surface area contributed by atoms with Gasteiger partial charge < -0.3 is 9.80 Å². The summed E-state index contributed by atoms with van der Waals surface area (Å²) in [5.74, 6) is 0.298. The maximum atomic E-state index is 14.7. The molecule has 192 valence electrons. The molecule has 0 N–H and O–H groups in total. The van der Waals surface area contributed by atoms with Crippen LogP contribution in [-0.2, 0) is 16.4 Å². The second kappa shape index (κ2) is 10.3. The average Bonchev–Trinajstić information content (AvgIpc) is 3.44. The van der Waals surface area contributed by atoms with Gasteiger partial charge in [0.15, 0.2) is 0 Å². The molecule has 0 spiro atoms. The van der Waals surface area contributed by atoms with Crippen LogP contribution in [0, 0.1) is 5.82 Å². The number of hydrogen-bond donors (Lipinski definition) is 0. The van der Waals surface area contributed by atoms with Gasteiger partial charge >= 0.3 is 0 Å². The SMILES string of the molecule is CN(C)[C@H]1CN(C2CCc3cccc(F)c32)C[C@@H]1c1ccc(N2CCN(S(C)(=O)=O)CC2)cc1.Cl. The molecule has 9 heteroatoms. The fourth-order valence-corrected chi connectivity index (χ4v) is 6.93. The summed E-state index contributed by atoms with van der Waals surface area (Å²) in [4.78, 5) is 7.05. The first-order chi connectivity index (χ1) is 16.2. The number of likely N-dealkylation sites (tertiary alicyclic amines) is 1. The van der Waals surface area contributed by atoms with Crippen molar-refractivity contribution in [2.45, 2.75) is 30.8 Å². The van der Waals surface area contributed by atoms with Gasteiger partial charge in [-0.1, -0.05) is 24.3 Å². The molecule has 0 bridgehead atoms. The molecule has 5 rings (SSSR count). The summed E-state index contributed by atoms with van der Waals surface area (Å²) in [6.07, 6.45) is 3.22. The molecule has 2 heterocycles. The Bertz CT molecular complexity index is 1140. The lowest BCUT2D eigenvalue weighted by Crippen LogP contribution is -2.48. The van der Waals surface area contributed by atoms with E-state index in [1.54, 1.807) is 10.4 Å². The summed E-state index contributed by atoms with van der Waals surface area (Å²) >= 11 is 0. The number of sulfonamides is 1. The van der Waals surface area contributed by atoms with Crippen molar-refractivity contribution in [3.63, 3.8) is 0 Å². The van der Waals surface area contributed by atoms with Gasteiger partial charge in [0.05, 0.1) is 6.26 Å². The Morgan fingerprint density at radius 1 is 0.971 bits per heavy atom. The first kappa shape index (κ1) is 26.4. The zero-order valence-corrected chi connectivity index (χ0v) is 22.4. The summed E-state index contributed by atoms with van der Waals surface area (Å²) in [5, 5.41) is 0. The molecule has 0 aromatic heterocycles. The zero-order valence-electron chi connectivity index (χ0n) is 20.7. The van der Waals surface area contributed by atoms with Gasteiger partial charge in [-0.25, -0.2) is 12.8 Å². The predicted octanol–water partition coefficient (Wildman–Crippen LogP) is 3.35. The molecule has 3 atom stereocenters. The van der Waals surface area contributed by atoms with Gasteiger partial charge in [0.2, 0.25) is 10.0 Å². The molecule has 2 aliphatic heterocycles. The standard InChI is InChI=1S/C26H35FN4O2S.ClH/c1-28(2)25-18-30(24-12-9-20-5-4-6-23(27)26(20)24)17-22(25)19-7-10-21(11-8-19)29-13-15-31(16-14-29)34(3,32)33;/h4-8,10-11,22,24-25H,9,12-18H2,1-3H3;1H/t22-,24?,25+;/m1./s1. The van der Waals surface area contributed by atoms with Gasteiger partial charge in [0.1, 0.15) is 5.82 Å². The Kier molecular flexibility index (Phi) is 7.79. The van der Waals surface area contributed by atoms with Crippen molar-refractivity contribution in [1.29, 1.82) is 0 Å². The topological polar surface area (TPSA) is 47.1 Å². The number of hydrogen-bond acceptors (Lipinski definition) is 5.